The van der Waals surface area contributed by atoms with E-state index in [9.17, 15) is 13.2 Å². The number of nitrogens with one attached hydrogen (secondary N) is 2. The third-order valence-electron chi connectivity index (χ3n) is 4.19. The van der Waals surface area contributed by atoms with Crippen LogP contribution < -0.4 is 10.1 Å². The van der Waals surface area contributed by atoms with E-state index in [1.807, 2.05) is 0 Å². The van der Waals surface area contributed by atoms with Crippen molar-refractivity contribution < 1.29 is 13.2 Å². The maximum absolute atomic E-state index is 12.4. The zero-order valence-electron chi connectivity index (χ0n) is 16.1. The van der Waals surface area contributed by atoms with Crippen LogP contribution in [0.2, 0.25) is 15.1 Å². The Kier molecular flexibility index (Phi) is 7.23. The molecule has 1 amide bonds. The lowest BCUT2D eigenvalue weighted by Gasteiger charge is -2.09. The van der Waals surface area contributed by atoms with Crippen LogP contribution in [-0.2, 0) is 10.0 Å². The van der Waals surface area contributed by atoms with Crippen molar-refractivity contribution in [1.82, 2.24) is 4.83 Å². The standard InChI is InChI=1S/C21H16Cl3N3O3S/c1-13(26-27-31(29,30)18-9-4-15(22)5-10-18)14-2-7-17(8-3-14)25-21(28)19-11-6-16(23)12-20(19)24/h2-12,27H,1H3,(H,25,28). The molecule has 10 heteroatoms. The van der Waals surface area contributed by atoms with Gasteiger partial charge >= 0.3 is 0 Å². The first-order valence-electron chi connectivity index (χ1n) is 8.84. The summed E-state index contributed by atoms with van der Waals surface area (Å²) in [5, 5.41) is 7.81. The van der Waals surface area contributed by atoms with Gasteiger partial charge < -0.3 is 5.32 Å². The van der Waals surface area contributed by atoms with Gasteiger partial charge in [-0.1, -0.05) is 46.9 Å². The van der Waals surface area contributed by atoms with Crippen LogP contribution in [-0.4, -0.2) is 20.0 Å². The van der Waals surface area contributed by atoms with Gasteiger partial charge in [-0.25, -0.2) is 0 Å². The number of nitrogens with zero attached hydrogens (tertiary/aromatic N) is 1. The summed E-state index contributed by atoms with van der Waals surface area (Å²) in [7, 11) is -3.82. The summed E-state index contributed by atoms with van der Waals surface area (Å²) < 4.78 is 24.6. The monoisotopic (exact) mass is 495 g/mol. The lowest BCUT2D eigenvalue weighted by atomic mass is 10.1. The number of benzene rings is 3. The number of hydrazone groups is 1. The van der Waals surface area contributed by atoms with Gasteiger partial charge in [0.2, 0.25) is 0 Å². The maximum Gasteiger partial charge on any atom is 0.276 e. The number of sulfonamides is 1. The summed E-state index contributed by atoms with van der Waals surface area (Å²) in [4.78, 5) is 14.6. The van der Waals surface area contributed by atoms with E-state index in [1.165, 1.54) is 36.4 Å². The Labute approximate surface area is 194 Å². The van der Waals surface area contributed by atoms with Gasteiger partial charge in [-0.15, -0.1) is 0 Å². The molecular formula is C21H16Cl3N3O3S. The second kappa shape index (κ2) is 9.70. The number of rotatable bonds is 6. The van der Waals surface area contributed by atoms with E-state index < -0.39 is 10.0 Å². The molecule has 0 saturated carbocycles. The highest BCUT2D eigenvalue weighted by Crippen LogP contribution is 2.22. The second-order valence-corrected chi connectivity index (χ2v) is 9.34. The zero-order chi connectivity index (χ0) is 22.6. The smallest absolute Gasteiger partial charge is 0.276 e. The van der Waals surface area contributed by atoms with Gasteiger partial charge in [0, 0.05) is 15.7 Å². The number of anilines is 1. The van der Waals surface area contributed by atoms with Gasteiger partial charge in [-0.3, -0.25) is 4.79 Å². The molecule has 0 fully saturated rings. The first-order chi connectivity index (χ1) is 14.7. The van der Waals surface area contributed by atoms with E-state index in [-0.39, 0.29) is 15.8 Å². The van der Waals surface area contributed by atoms with Crippen molar-refractivity contribution in [3.8, 4) is 0 Å². The number of hydrogen-bond acceptors (Lipinski definition) is 4. The highest BCUT2D eigenvalue weighted by atomic mass is 35.5. The molecule has 0 spiro atoms. The van der Waals surface area contributed by atoms with Crippen molar-refractivity contribution in [2.75, 3.05) is 5.32 Å². The first-order valence-corrected chi connectivity index (χ1v) is 11.5. The van der Waals surface area contributed by atoms with Crippen LogP contribution in [0, 0.1) is 0 Å². The van der Waals surface area contributed by atoms with Gasteiger partial charge in [0.15, 0.2) is 0 Å². The number of amides is 1. The lowest BCUT2D eigenvalue weighted by Crippen LogP contribution is -2.20. The molecule has 0 heterocycles. The van der Waals surface area contributed by atoms with Gasteiger partial charge in [0.05, 0.1) is 21.2 Å². The molecule has 31 heavy (non-hydrogen) atoms. The van der Waals surface area contributed by atoms with Crippen LogP contribution in [0.3, 0.4) is 0 Å². The molecule has 3 aromatic carbocycles. The van der Waals surface area contributed by atoms with Crippen molar-refractivity contribution in [3.63, 3.8) is 0 Å². The predicted octanol–water partition coefficient (Wildman–Crippen LogP) is 5.60. The highest BCUT2D eigenvalue weighted by Gasteiger charge is 2.13. The van der Waals surface area contributed by atoms with Crippen LogP contribution in [0.25, 0.3) is 0 Å². The summed E-state index contributed by atoms with van der Waals surface area (Å²) in [5.74, 6) is -0.379. The Morgan fingerprint density at radius 2 is 1.48 bits per heavy atom. The third kappa shape index (κ3) is 5.98. The fourth-order valence-electron chi connectivity index (χ4n) is 2.53. The molecule has 0 aromatic heterocycles. The number of hydrogen-bond donors (Lipinski definition) is 2. The number of carbonyl (C=O) groups excluding carboxylic acids is 1. The minimum atomic E-state index is -3.82. The first kappa shape index (κ1) is 23.1. The van der Waals surface area contributed by atoms with Gasteiger partial charge in [-0.05, 0) is 67.1 Å². The Bertz CT molecular complexity index is 1240. The van der Waals surface area contributed by atoms with Crippen molar-refractivity contribution in [2.24, 2.45) is 5.10 Å². The van der Waals surface area contributed by atoms with Crippen molar-refractivity contribution in [3.05, 3.63) is 92.9 Å². The van der Waals surface area contributed by atoms with Crippen molar-refractivity contribution in [2.45, 2.75) is 11.8 Å². The van der Waals surface area contributed by atoms with Crippen LogP contribution in [0.4, 0.5) is 5.69 Å². The molecular weight excluding hydrogens is 481 g/mol. The molecule has 160 valence electrons. The summed E-state index contributed by atoms with van der Waals surface area (Å²) in [6, 6.07) is 17.1. The molecule has 0 saturated heterocycles. The molecule has 0 aliphatic carbocycles. The summed E-state index contributed by atoms with van der Waals surface area (Å²) >= 11 is 17.7. The second-order valence-electron chi connectivity index (χ2n) is 6.40. The molecule has 0 aliphatic heterocycles. The molecule has 6 nitrogen and oxygen atoms in total. The molecule has 2 N–H and O–H groups in total. The van der Waals surface area contributed by atoms with E-state index in [2.05, 4.69) is 15.2 Å². The molecule has 0 unspecified atom stereocenters. The average Bonchev–Trinajstić information content (AvgIpc) is 2.73. The fourth-order valence-corrected chi connectivity index (χ4v) is 4.00. The number of carbonyl (C=O) groups is 1. The maximum atomic E-state index is 12.4. The quantitative estimate of drug-likeness (QED) is 0.344. The zero-order valence-corrected chi connectivity index (χ0v) is 19.1. The molecule has 0 bridgehead atoms. The summed E-state index contributed by atoms with van der Waals surface area (Å²) in [6.07, 6.45) is 0. The Hall–Kier alpha value is -2.58. The van der Waals surface area contributed by atoms with Crippen molar-refractivity contribution >= 4 is 62.1 Å². The topological polar surface area (TPSA) is 87.6 Å². The van der Waals surface area contributed by atoms with E-state index >= 15 is 0 Å². The Morgan fingerprint density at radius 1 is 0.871 bits per heavy atom. The minimum Gasteiger partial charge on any atom is -0.322 e. The van der Waals surface area contributed by atoms with E-state index in [1.54, 1.807) is 37.3 Å². The molecule has 0 radical (unpaired) electrons. The molecule has 0 atom stereocenters. The van der Waals surface area contributed by atoms with Crippen LogP contribution >= 0.6 is 34.8 Å². The van der Waals surface area contributed by atoms with E-state index in [4.69, 9.17) is 34.8 Å². The van der Waals surface area contributed by atoms with Crippen LogP contribution in [0.1, 0.15) is 22.8 Å². The molecule has 3 aromatic rings. The van der Waals surface area contributed by atoms with Crippen molar-refractivity contribution in [1.29, 1.82) is 0 Å². The SMILES string of the molecule is CC(=NNS(=O)(=O)c1ccc(Cl)cc1)c1ccc(NC(=O)c2ccc(Cl)cc2Cl)cc1. The Balaban J connectivity index is 1.68. The predicted molar refractivity (Wildman–Crippen MR) is 125 cm³/mol. The van der Waals surface area contributed by atoms with Crippen LogP contribution in [0.15, 0.2) is 76.7 Å². The lowest BCUT2D eigenvalue weighted by molar-refractivity contribution is 0.102. The highest BCUT2D eigenvalue weighted by molar-refractivity contribution is 7.89. The summed E-state index contributed by atoms with van der Waals surface area (Å²) in [5.41, 5.74) is 1.94. The molecule has 0 aliphatic rings. The minimum absolute atomic E-state index is 0.0485. The van der Waals surface area contributed by atoms with E-state index in [0.29, 0.717) is 32.6 Å². The van der Waals surface area contributed by atoms with Gasteiger partial charge in [0.1, 0.15) is 0 Å². The average molecular weight is 497 g/mol. The fraction of sp³-hybridized carbons (Fsp3) is 0.0476. The normalized spacial score (nSPS) is 11.8. The largest absolute Gasteiger partial charge is 0.322 e. The van der Waals surface area contributed by atoms with Gasteiger partial charge in [-0.2, -0.15) is 18.4 Å². The Morgan fingerprint density at radius 3 is 2.10 bits per heavy atom. The molecule has 3 rings (SSSR count). The summed E-state index contributed by atoms with van der Waals surface area (Å²) in [6.45, 7) is 1.66. The van der Waals surface area contributed by atoms with Crippen LogP contribution in [0.5, 0.6) is 0 Å². The third-order valence-corrected chi connectivity index (χ3v) is 6.22. The van der Waals surface area contributed by atoms with E-state index in [0.717, 1.165) is 0 Å². The van der Waals surface area contributed by atoms with Gasteiger partial charge in [0.25, 0.3) is 15.9 Å². The number of halogens is 3.